The molecule has 2 N–H and O–H groups in total. The summed E-state index contributed by atoms with van der Waals surface area (Å²) in [7, 11) is 1.62. The molecule has 1 aromatic carbocycles. The average molecular weight is 465 g/mol. The summed E-state index contributed by atoms with van der Waals surface area (Å²) in [4.78, 5) is 27.4. The monoisotopic (exact) mass is 464 g/mol. The number of nitrogens with zero attached hydrogens (tertiary/aromatic N) is 3. The number of benzene rings is 1. The van der Waals surface area contributed by atoms with E-state index in [1.54, 1.807) is 41.8 Å². The molecule has 9 heteroatoms. The van der Waals surface area contributed by atoms with E-state index in [-0.39, 0.29) is 11.8 Å². The van der Waals surface area contributed by atoms with E-state index >= 15 is 0 Å². The number of carbonyl (C=O) groups excluding carboxylic acids is 2. The molecule has 4 aromatic rings. The standard InChI is InChI=1S/C24H24N4O4S/c1-13-17(23(30)27-11-24(3,31)12-27)10-28-20(13)18(7-8-26-28)32-15-5-6-16-14(2)21(22(29)25-4)33-19(16)9-15/h5-10,31H,11-12H2,1-4H3,(H,25,29). The first-order chi connectivity index (χ1) is 15.7. The maximum absolute atomic E-state index is 12.9. The summed E-state index contributed by atoms with van der Waals surface area (Å²) in [6.45, 7) is 6.16. The van der Waals surface area contributed by atoms with E-state index in [0.717, 1.165) is 21.2 Å². The largest absolute Gasteiger partial charge is 0.455 e. The number of aromatic nitrogens is 2. The van der Waals surface area contributed by atoms with Gasteiger partial charge in [-0.3, -0.25) is 9.59 Å². The number of aliphatic hydroxyl groups is 1. The summed E-state index contributed by atoms with van der Waals surface area (Å²) in [5.74, 6) is 0.980. The Morgan fingerprint density at radius 2 is 1.97 bits per heavy atom. The van der Waals surface area contributed by atoms with E-state index in [1.807, 2.05) is 32.0 Å². The highest BCUT2D eigenvalue weighted by Crippen LogP contribution is 2.36. The van der Waals surface area contributed by atoms with Gasteiger partial charge in [0.1, 0.15) is 11.3 Å². The lowest BCUT2D eigenvalue weighted by atomic mass is 9.96. The molecule has 0 atom stereocenters. The molecule has 0 aliphatic carbocycles. The second kappa shape index (κ2) is 7.57. The minimum absolute atomic E-state index is 0.100. The summed E-state index contributed by atoms with van der Waals surface area (Å²) in [6, 6.07) is 7.52. The highest BCUT2D eigenvalue weighted by atomic mass is 32.1. The van der Waals surface area contributed by atoms with Gasteiger partial charge in [0, 0.05) is 24.0 Å². The molecule has 0 saturated carbocycles. The molecular formula is C24H24N4O4S. The van der Waals surface area contributed by atoms with Crippen molar-refractivity contribution in [2.75, 3.05) is 20.1 Å². The fourth-order valence-electron chi connectivity index (χ4n) is 4.34. The number of likely N-dealkylation sites (tertiary alicyclic amines) is 1. The fraction of sp³-hybridized carbons (Fsp3) is 0.292. The van der Waals surface area contributed by atoms with Crippen LogP contribution in [0, 0.1) is 13.8 Å². The van der Waals surface area contributed by atoms with Gasteiger partial charge in [0.2, 0.25) is 0 Å². The Bertz CT molecular complexity index is 1430. The van der Waals surface area contributed by atoms with Crippen LogP contribution in [-0.4, -0.2) is 57.2 Å². The van der Waals surface area contributed by atoms with Crippen LogP contribution in [0.2, 0.25) is 0 Å². The molecule has 1 saturated heterocycles. The molecule has 0 spiro atoms. The van der Waals surface area contributed by atoms with Gasteiger partial charge < -0.3 is 20.1 Å². The molecule has 1 aliphatic heterocycles. The van der Waals surface area contributed by atoms with Crippen LogP contribution in [0.4, 0.5) is 0 Å². The van der Waals surface area contributed by atoms with Gasteiger partial charge in [-0.2, -0.15) is 5.10 Å². The second-order valence-corrected chi connectivity index (χ2v) is 9.76. The van der Waals surface area contributed by atoms with E-state index in [9.17, 15) is 14.7 Å². The Morgan fingerprint density at radius 3 is 2.67 bits per heavy atom. The Labute approximate surface area is 194 Å². The number of hydrogen-bond donors (Lipinski definition) is 2. The third-order valence-electron chi connectivity index (χ3n) is 6.04. The summed E-state index contributed by atoms with van der Waals surface area (Å²) in [5, 5.41) is 18.0. The summed E-state index contributed by atoms with van der Waals surface area (Å²) >= 11 is 1.43. The molecule has 3 aromatic heterocycles. The van der Waals surface area contributed by atoms with Gasteiger partial charge in [-0.05, 0) is 55.5 Å². The van der Waals surface area contributed by atoms with Crippen LogP contribution in [-0.2, 0) is 0 Å². The summed E-state index contributed by atoms with van der Waals surface area (Å²) in [6.07, 6.45) is 3.33. The molecular weight excluding hydrogens is 440 g/mol. The number of thiophene rings is 1. The van der Waals surface area contributed by atoms with Gasteiger partial charge in [0.25, 0.3) is 11.8 Å². The lowest BCUT2D eigenvalue weighted by Gasteiger charge is -2.44. The van der Waals surface area contributed by atoms with Crippen molar-refractivity contribution < 1.29 is 19.4 Å². The number of carbonyl (C=O) groups is 2. The Balaban J connectivity index is 1.49. The second-order valence-electron chi connectivity index (χ2n) is 8.71. The third kappa shape index (κ3) is 3.53. The zero-order valence-corrected chi connectivity index (χ0v) is 19.6. The molecule has 5 rings (SSSR count). The van der Waals surface area contributed by atoms with E-state index in [2.05, 4.69) is 10.4 Å². The van der Waals surface area contributed by atoms with E-state index in [0.29, 0.717) is 40.5 Å². The van der Waals surface area contributed by atoms with E-state index in [4.69, 9.17) is 4.74 Å². The number of aryl methyl sites for hydroxylation is 2. The number of amides is 2. The molecule has 33 heavy (non-hydrogen) atoms. The number of hydrogen-bond acceptors (Lipinski definition) is 6. The van der Waals surface area contributed by atoms with Crippen molar-refractivity contribution in [2.24, 2.45) is 0 Å². The average Bonchev–Trinajstić information content (AvgIpc) is 3.28. The van der Waals surface area contributed by atoms with E-state index < -0.39 is 5.60 Å². The summed E-state index contributed by atoms with van der Waals surface area (Å²) in [5.41, 5.74) is 2.13. The zero-order chi connectivity index (χ0) is 23.5. The minimum atomic E-state index is -0.828. The predicted octanol–water partition coefficient (Wildman–Crippen LogP) is 3.52. The van der Waals surface area contributed by atoms with Gasteiger partial charge in [0.15, 0.2) is 5.75 Å². The Hall–Kier alpha value is -3.43. The fourth-order valence-corrected chi connectivity index (χ4v) is 5.52. The normalized spacial score (nSPS) is 15.0. The SMILES string of the molecule is CNC(=O)c1sc2cc(Oc3ccnn4cc(C(=O)N5CC(C)(O)C5)c(C)c34)ccc2c1C. The van der Waals surface area contributed by atoms with Crippen molar-refractivity contribution in [2.45, 2.75) is 26.4 Å². The maximum atomic E-state index is 12.9. The molecule has 8 nitrogen and oxygen atoms in total. The molecule has 2 amide bonds. The van der Waals surface area contributed by atoms with Crippen molar-refractivity contribution in [3.63, 3.8) is 0 Å². The molecule has 170 valence electrons. The van der Waals surface area contributed by atoms with Crippen LogP contribution < -0.4 is 10.1 Å². The zero-order valence-electron chi connectivity index (χ0n) is 18.8. The molecule has 1 fully saturated rings. The lowest BCUT2D eigenvalue weighted by molar-refractivity contribution is -0.0669. The van der Waals surface area contributed by atoms with Crippen LogP contribution >= 0.6 is 11.3 Å². The molecule has 0 radical (unpaired) electrons. The Morgan fingerprint density at radius 1 is 1.21 bits per heavy atom. The van der Waals surface area contributed by atoms with Gasteiger partial charge in [-0.25, -0.2) is 4.52 Å². The molecule has 0 unspecified atom stereocenters. The summed E-state index contributed by atoms with van der Waals surface area (Å²) < 4.78 is 8.83. The number of rotatable bonds is 4. The minimum Gasteiger partial charge on any atom is -0.455 e. The number of fused-ring (bicyclic) bond motifs is 2. The van der Waals surface area contributed by atoms with Gasteiger partial charge in [-0.15, -0.1) is 11.3 Å². The van der Waals surface area contributed by atoms with Crippen LogP contribution in [0.3, 0.4) is 0 Å². The quantitative estimate of drug-likeness (QED) is 0.482. The van der Waals surface area contributed by atoms with Crippen molar-refractivity contribution >= 4 is 38.8 Å². The van der Waals surface area contributed by atoms with Gasteiger partial charge in [-0.1, -0.05) is 0 Å². The highest BCUT2D eigenvalue weighted by molar-refractivity contribution is 7.21. The van der Waals surface area contributed by atoms with Crippen molar-refractivity contribution in [3.8, 4) is 11.5 Å². The predicted molar refractivity (Wildman–Crippen MR) is 126 cm³/mol. The lowest BCUT2D eigenvalue weighted by Crippen LogP contribution is -2.61. The maximum Gasteiger partial charge on any atom is 0.261 e. The first kappa shape index (κ1) is 21.4. The van der Waals surface area contributed by atoms with Gasteiger partial charge in [0.05, 0.1) is 35.3 Å². The number of β-amino-alcohol motifs (C(OH)–C–C–N with tert-alkyl or cyclic N) is 1. The van der Waals surface area contributed by atoms with Crippen LogP contribution in [0.5, 0.6) is 11.5 Å². The van der Waals surface area contributed by atoms with Crippen LogP contribution in [0.15, 0.2) is 36.7 Å². The topological polar surface area (TPSA) is 96.2 Å². The third-order valence-corrected chi connectivity index (χ3v) is 7.29. The van der Waals surface area contributed by atoms with E-state index in [1.165, 1.54) is 11.3 Å². The molecule has 1 aliphatic rings. The number of nitrogens with one attached hydrogen (secondary N) is 1. The first-order valence-electron chi connectivity index (χ1n) is 10.6. The van der Waals surface area contributed by atoms with Gasteiger partial charge >= 0.3 is 0 Å². The number of ether oxygens (including phenoxy) is 1. The van der Waals surface area contributed by atoms with Crippen molar-refractivity contribution in [1.29, 1.82) is 0 Å². The smallest absolute Gasteiger partial charge is 0.261 e. The van der Waals surface area contributed by atoms with Crippen LogP contribution in [0.25, 0.3) is 15.6 Å². The van der Waals surface area contributed by atoms with Crippen molar-refractivity contribution in [1.82, 2.24) is 19.8 Å². The first-order valence-corrected chi connectivity index (χ1v) is 11.4. The molecule has 0 bridgehead atoms. The molecule has 4 heterocycles. The Kier molecular flexibility index (Phi) is 4.91. The van der Waals surface area contributed by atoms with Crippen LogP contribution in [0.1, 0.15) is 38.1 Å². The van der Waals surface area contributed by atoms with Crippen molar-refractivity contribution in [3.05, 3.63) is 58.2 Å². The highest BCUT2D eigenvalue weighted by Gasteiger charge is 2.40.